The van der Waals surface area contributed by atoms with Gasteiger partial charge in [-0.1, -0.05) is 45.9 Å². The molecule has 5 fully saturated rings. The van der Waals surface area contributed by atoms with Crippen molar-refractivity contribution in [3.05, 3.63) is 30.3 Å². The maximum atomic E-state index is 14.3. The smallest absolute Gasteiger partial charge is 0.311 e. The molecule has 0 amide bonds. The first-order chi connectivity index (χ1) is 26.6. The van der Waals surface area contributed by atoms with Gasteiger partial charge in [-0.25, -0.2) is 13.1 Å². The molecule has 1 aromatic rings. The number of benzene rings is 1. The minimum atomic E-state index is -4.15. The molecule has 57 heavy (non-hydrogen) atoms. The number of ether oxygens (including phenoxy) is 8. The van der Waals surface area contributed by atoms with Crippen molar-refractivity contribution in [1.29, 1.82) is 0 Å². The number of hydrogen-bond acceptors (Lipinski definition) is 15. The number of fused-ring (bicyclic) bond motifs is 2. The largest absolute Gasteiger partial charge is 0.459 e. The van der Waals surface area contributed by atoms with Crippen LogP contribution in [0.1, 0.15) is 88.0 Å². The van der Waals surface area contributed by atoms with E-state index in [-0.39, 0.29) is 36.4 Å². The first-order valence-corrected chi connectivity index (χ1v) is 21.5. The lowest BCUT2D eigenvalue weighted by atomic mass is 9.77. The van der Waals surface area contributed by atoms with Gasteiger partial charge in [-0.05, 0) is 59.6 Å². The predicted molar refractivity (Wildman–Crippen MR) is 200 cm³/mol. The van der Waals surface area contributed by atoms with Crippen molar-refractivity contribution in [1.82, 2.24) is 4.72 Å². The van der Waals surface area contributed by atoms with Crippen molar-refractivity contribution in [2.24, 2.45) is 23.7 Å². The zero-order valence-corrected chi connectivity index (χ0v) is 35.3. The molecule has 0 saturated carbocycles. The van der Waals surface area contributed by atoms with Crippen LogP contribution in [0.25, 0.3) is 0 Å². The molecule has 6 rings (SSSR count). The summed E-state index contributed by atoms with van der Waals surface area (Å²) >= 11 is 0. The van der Waals surface area contributed by atoms with Gasteiger partial charge in [0.1, 0.15) is 18.3 Å². The molecule has 0 aromatic heterocycles. The number of ketones is 1. The first kappa shape index (κ1) is 44.4. The van der Waals surface area contributed by atoms with Crippen LogP contribution < -0.4 is 4.72 Å². The highest BCUT2D eigenvalue weighted by Crippen LogP contribution is 2.58. The summed E-state index contributed by atoms with van der Waals surface area (Å²) in [6.45, 7) is 15.7. The first-order valence-electron chi connectivity index (χ1n) is 20.0. The quantitative estimate of drug-likeness (QED) is 0.263. The molecule has 5 aliphatic rings. The molecule has 1 aromatic carbocycles. The van der Waals surface area contributed by atoms with Crippen molar-refractivity contribution >= 4 is 21.8 Å². The third-order valence-electron chi connectivity index (χ3n) is 13.2. The molecular formula is C40H61NO15S. The molecule has 5 aliphatic heterocycles. The Morgan fingerprint density at radius 3 is 2.23 bits per heavy atom. The third-order valence-corrected chi connectivity index (χ3v) is 14.7. The highest BCUT2D eigenvalue weighted by Gasteiger charge is 2.71. The topological polar surface area (TPSA) is 215 Å². The maximum absolute atomic E-state index is 14.3. The SMILES string of the molecule is CC[C@@H]1OC(=O)[C@H](C)[C@H](O[C@H]2C[C@@](C)(OC)[C@@H](O)[C@H](C)O2)[C@H](C)[C@@H](O[C@@H]2O[C@H](O)C[C@H](NS(=O)(=O)c3ccccc3)[C@H]2O)[C@@]2(C)C[C@@H](C)C3(O2)O[C@]1(C)C(=O)[C@@H]3C. The summed E-state index contributed by atoms with van der Waals surface area (Å²) in [5.74, 6) is -5.49. The summed E-state index contributed by atoms with van der Waals surface area (Å²) in [6.07, 6.45) is -10.3. The highest BCUT2D eigenvalue weighted by molar-refractivity contribution is 7.89. The van der Waals surface area contributed by atoms with Crippen LogP contribution in [-0.4, -0.2) is 127 Å². The van der Waals surface area contributed by atoms with Crippen molar-refractivity contribution < 1.29 is 71.2 Å². The number of cyclic esters (lactones) is 1. The number of sulfonamides is 1. The average molecular weight is 828 g/mol. The van der Waals surface area contributed by atoms with E-state index >= 15 is 0 Å². The molecule has 5 heterocycles. The van der Waals surface area contributed by atoms with Crippen LogP contribution in [0, 0.1) is 23.7 Å². The van der Waals surface area contributed by atoms with Crippen LogP contribution in [0.4, 0.5) is 0 Å². The van der Waals surface area contributed by atoms with E-state index in [9.17, 15) is 33.3 Å². The summed E-state index contributed by atoms with van der Waals surface area (Å²) in [5.41, 5.74) is -3.95. The number of nitrogens with one attached hydrogen (secondary N) is 1. The molecule has 1 unspecified atom stereocenters. The van der Waals surface area contributed by atoms with Crippen molar-refractivity contribution in [2.75, 3.05) is 7.11 Å². The molecular weight excluding hydrogens is 766 g/mol. The van der Waals surface area contributed by atoms with Crippen LogP contribution >= 0.6 is 0 Å². The minimum absolute atomic E-state index is 0.0375. The molecule has 322 valence electrons. The number of aliphatic hydroxyl groups excluding tert-OH is 3. The lowest BCUT2D eigenvalue weighted by molar-refractivity contribution is -0.353. The molecule has 0 radical (unpaired) electrons. The summed E-state index contributed by atoms with van der Waals surface area (Å²) in [4.78, 5) is 28.5. The molecule has 5 saturated heterocycles. The zero-order chi connectivity index (χ0) is 42.0. The number of carbonyl (C=O) groups is 2. The van der Waals surface area contributed by atoms with Gasteiger partial charge in [-0.3, -0.25) is 9.59 Å². The fourth-order valence-electron chi connectivity index (χ4n) is 9.88. The van der Waals surface area contributed by atoms with E-state index < -0.39 is 124 Å². The van der Waals surface area contributed by atoms with E-state index in [2.05, 4.69) is 4.72 Å². The number of carbonyl (C=O) groups excluding carboxylic acids is 2. The van der Waals surface area contributed by atoms with Gasteiger partial charge < -0.3 is 53.2 Å². The number of Topliss-reactive ketones (excluding diaryl/α,β-unsaturated/α-hetero) is 1. The van der Waals surface area contributed by atoms with Gasteiger partial charge >= 0.3 is 5.97 Å². The Labute approximate surface area is 335 Å². The Morgan fingerprint density at radius 1 is 0.930 bits per heavy atom. The van der Waals surface area contributed by atoms with Gasteiger partial charge in [0.25, 0.3) is 0 Å². The monoisotopic (exact) mass is 827 g/mol. The van der Waals surface area contributed by atoms with Crippen LogP contribution in [-0.2, 0) is 57.5 Å². The Kier molecular flexibility index (Phi) is 12.5. The van der Waals surface area contributed by atoms with Crippen LogP contribution in [0.3, 0.4) is 0 Å². The molecule has 18 atom stereocenters. The van der Waals surface area contributed by atoms with E-state index in [1.54, 1.807) is 73.6 Å². The second kappa shape index (κ2) is 16.0. The molecule has 0 aliphatic carbocycles. The van der Waals surface area contributed by atoms with E-state index in [1.807, 2.05) is 6.92 Å². The third kappa shape index (κ3) is 7.85. The molecule has 4 N–H and O–H groups in total. The number of methoxy groups -OCH3 is 1. The van der Waals surface area contributed by atoms with Gasteiger partial charge in [-0.15, -0.1) is 0 Å². The Morgan fingerprint density at radius 2 is 1.60 bits per heavy atom. The fraction of sp³-hybridized carbons (Fsp3) is 0.800. The average Bonchev–Trinajstić information content (AvgIpc) is 3.53. The van der Waals surface area contributed by atoms with Gasteiger partial charge in [0.05, 0.1) is 52.3 Å². The highest BCUT2D eigenvalue weighted by atomic mass is 32.2. The van der Waals surface area contributed by atoms with E-state index in [1.165, 1.54) is 19.2 Å². The van der Waals surface area contributed by atoms with Crippen molar-refractivity contribution in [2.45, 2.75) is 177 Å². The summed E-state index contributed by atoms with van der Waals surface area (Å²) < 4.78 is 80.3. The Hall–Kier alpha value is -2.13. The zero-order valence-electron chi connectivity index (χ0n) is 34.4. The van der Waals surface area contributed by atoms with Gasteiger partial charge in [-0.2, -0.15) is 0 Å². The minimum Gasteiger partial charge on any atom is -0.459 e. The number of esters is 1. The van der Waals surface area contributed by atoms with Gasteiger partial charge in [0.2, 0.25) is 10.0 Å². The van der Waals surface area contributed by atoms with Crippen LogP contribution in [0.15, 0.2) is 35.2 Å². The normalized spacial score (nSPS) is 48.2. The maximum Gasteiger partial charge on any atom is 0.311 e. The summed E-state index contributed by atoms with van der Waals surface area (Å²) in [6, 6.07) is 6.37. The summed E-state index contributed by atoms with van der Waals surface area (Å²) in [7, 11) is -2.66. The molecule has 17 heteroatoms. The van der Waals surface area contributed by atoms with Crippen LogP contribution in [0.5, 0.6) is 0 Å². The van der Waals surface area contributed by atoms with Gasteiger partial charge in [0.15, 0.2) is 36.0 Å². The second-order valence-electron chi connectivity index (χ2n) is 17.3. The molecule has 16 nitrogen and oxygen atoms in total. The fourth-order valence-corrected chi connectivity index (χ4v) is 11.2. The van der Waals surface area contributed by atoms with E-state index in [0.717, 1.165) is 0 Å². The standard InChI is InChI=1S/C40H61NO15S/c1-11-27-39(9)32(44)23(5)40(56-39)20(2)18-38(8,55-40)34(54-36-30(43)26(17-28(42)52-36)41-57(47,48)25-15-13-12-14-16-25)21(3)31(22(4)35(46)51-27)53-29-19-37(7,49-10)33(45)24(6)50-29/h12-16,20-24,26-31,33-34,36,41-43,45H,11,17-19H2,1-10H3/t20-,21+,22-,23+,24+,26+,27+,28+,29+,30-,31-,33+,34-,36+,37-,38-,39+,40?/m1/s1. The Bertz CT molecular complexity index is 1740. The molecule has 3 bridgehead atoms. The lowest BCUT2D eigenvalue weighted by Crippen LogP contribution is -2.61. The number of rotatable bonds is 9. The van der Waals surface area contributed by atoms with E-state index in [0.29, 0.717) is 0 Å². The van der Waals surface area contributed by atoms with Gasteiger partial charge in [0, 0.05) is 31.8 Å². The summed E-state index contributed by atoms with van der Waals surface area (Å²) in [5, 5.41) is 33.6. The lowest BCUT2D eigenvalue weighted by Gasteiger charge is -2.48. The predicted octanol–water partition coefficient (Wildman–Crippen LogP) is 2.54. The second-order valence-corrected chi connectivity index (χ2v) is 19.1. The number of hydrogen-bond donors (Lipinski definition) is 4. The number of aliphatic hydroxyl groups is 3. The van der Waals surface area contributed by atoms with Crippen molar-refractivity contribution in [3.63, 3.8) is 0 Å². The van der Waals surface area contributed by atoms with Crippen molar-refractivity contribution in [3.8, 4) is 0 Å². The van der Waals surface area contributed by atoms with Crippen LogP contribution in [0.2, 0.25) is 0 Å². The molecule has 1 spiro atoms. The Balaban J connectivity index is 1.42. The van der Waals surface area contributed by atoms with E-state index in [4.69, 9.17) is 37.9 Å².